The molecule has 0 saturated carbocycles. The van der Waals surface area contributed by atoms with Crippen molar-refractivity contribution in [3.8, 4) is 17.6 Å². The Morgan fingerprint density at radius 1 is 1.06 bits per heavy atom. The Balaban J connectivity index is 2.48. The molecule has 0 bridgehead atoms. The van der Waals surface area contributed by atoms with Crippen LogP contribution in [-0.2, 0) is 20.0 Å². The largest absolute Gasteiger partial charge is 0.492 e. The van der Waals surface area contributed by atoms with Gasteiger partial charge >= 0.3 is 0 Å². The number of hydrogen-bond acceptors (Lipinski definition) is 6. The number of nitrogens with one attached hydrogen (secondary N) is 1. The van der Waals surface area contributed by atoms with Gasteiger partial charge in [0.05, 0.1) is 18.2 Å². The molecule has 2 rings (SSSR count). The van der Waals surface area contributed by atoms with Crippen LogP contribution in [0.25, 0.3) is 0 Å². The van der Waals surface area contributed by atoms with Crippen molar-refractivity contribution < 1.29 is 30.8 Å². The van der Waals surface area contributed by atoms with Gasteiger partial charge in [0, 0.05) is 5.41 Å². The molecule has 0 aromatic heterocycles. The van der Waals surface area contributed by atoms with Gasteiger partial charge in [-0.3, -0.25) is 4.79 Å². The Hall–Kier alpha value is -2.94. The number of methoxy groups -OCH3 is 1. The molecule has 0 saturated heterocycles. The van der Waals surface area contributed by atoms with Crippen molar-refractivity contribution in [3.63, 3.8) is 0 Å². The maximum atomic E-state index is 14.9. The SMILES string of the molecule is COc1c(C#CC(C)(C)C)ccc(C(=O)NS(=O)(=O)c2ccccc2S(N)(=O)=O)c1F. The molecule has 31 heavy (non-hydrogen) atoms. The summed E-state index contributed by atoms with van der Waals surface area (Å²) in [6.45, 7) is 5.57. The second kappa shape index (κ2) is 8.66. The van der Waals surface area contributed by atoms with E-state index in [2.05, 4.69) is 11.8 Å². The normalized spacial score (nSPS) is 11.9. The zero-order chi connectivity index (χ0) is 23.6. The maximum Gasteiger partial charge on any atom is 0.268 e. The van der Waals surface area contributed by atoms with Crippen molar-refractivity contribution in [2.24, 2.45) is 10.6 Å². The number of sulfonamides is 2. The average molecular weight is 469 g/mol. The summed E-state index contributed by atoms with van der Waals surface area (Å²) in [7, 11) is -7.91. The molecular formula is C20H21FN2O6S2. The molecule has 0 spiro atoms. The standard InChI is InChI=1S/C20H21FN2O6S2/c1-20(2,3)12-11-13-9-10-14(17(21)18(13)29-4)19(24)23-31(27,28)16-8-6-5-7-15(16)30(22,25)26/h5-10H,1-4H3,(H,23,24)(H2,22,25,26). The average Bonchev–Trinajstić information content (AvgIpc) is 2.64. The quantitative estimate of drug-likeness (QED) is 0.645. The Morgan fingerprint density at radius 3 is 2.16 bits per heavy atom. The lowest BCUT2D eigenvalue weighted by Gasteiger charge is -2.13. The van der Waals surface area contributed by atoms with E-state index in [1.54, 1.807) is 4.72 Å². The van der Waals surface area contributed by atoms with Crippen LogP contribution in [0.2, 0.25) is 0 Å². The van der Waals surface area contributed by atoms with Gasteiger partial charge < -0.3 is 4.74 Å². The van der Waals surface area contributed by atoms with Crippen molar-refractivity contribution in [2.45, 2.75) is 30.6 Å². The van der Waals surface area contributed by atoms with Crippen LogP contribution in [0.15, 0.2) is 46.2 Å². The number of ether oxygens (including phenoxy) is 1. The first kappa shape index (κ1) is 24.3. The predicted octanol–water partition coefficient (Wildman–Crippen LogP) is 2.00. The number of halogens is 1. The second-order valence-corrected chi connectivity index (χ2v) is 10.6. The molecule has 8 nitrogen and oxygen atoms in total. The van der Waals surface area contributed by atoms with E-state index in [-0.39, 0.29) is 16.7 Å². The number of rotatable bonds is 5. The Bertz CT molecular complexity index is 1300. The molecule has 0 aliphatic heterocycles. The van der Waals surface area contributed by atoms with Gasteiger partial charge in [-0.2, -0.15) is 0 Å². The van der Waals surface area contributed by atoms with Crippen LogP contribution >= 0.6 is 0 Å². The highest BCUT2D eigenvalue weighted by molar-refractivity contribution is 7.92. The smallest absolute Gasteiger partial charge is 0.268 e. The first-order valence-electron chi connectivity index (χ1n) is 8.76. The van der Waals surface area contributed by atoms with E-state index < -0.39 is 47.1 Å². The molecule has 3 N–H and O–H groups in total. The fraction of sp³-hybridized carbons (Fsp3) is 0.250. The Labute approximate surface area is 180 Å². The molecule has 0 aliphatic rings. The molecule has 0 fully saturated rings. The molecule has 0 unspecified atom stereocenters. The monoisotopic (exact) mass is 468 g/mol. The van der Waals surface area contributed by atoms with Crippen LogP contribution in [0.4, 0.5) is 4.39 Å². The summed E-state index contributed by atoms with van der Waals surface area (Å²) < 4.78 is 70.1. The topological polar surface area (TPSA) is 133 Å². The Kier molecular flexibility index (Phi) is 6.80. The summed E-state index contributed by atoms with van der Waals surface area (Å²) in [4.78, 5) is 11.1. The van der Waals surface area contributed by atoms with E-state index >= 15 is 0 Å². The third kappa shape index (κ3) is 5.81. The van der Waals surface area contributed by atoms with Crippen molar-refractivity contribution in [1.29, 1.82) is 0 Å². The minimum atomic E-state index is -4.69. The van der Waals surface area contributed by atoms with Crippen LogP contribution in [0.3, 0.4) is 0 Å². The van der Waals surface area contributed by atoms with E-state index in [4.69, 9.17) is 9.88 Å². The molecule has 0 atom stereocenters. The van der Waals surface area contributed by atoms with Crippen molar-refractivity contribution in [1.82, 2.24) is 4.72 Å². The van der Waals surface area contributed by atoms with Crippen LogP contribution < -0.4 is 14.6 Å². The third-order valence-electron chi connectivity index (χ3n) is 3.79. The predicted molar refractivity (Wildman–Crippen MR) is 112 cm³/mol. The number of carbonyl (C=O) groups is 1. The zero-order valence-corrected chi connectivity index (χ0v) is 18.8. The van der Waals surface area contributed by atoms with Crippen LogP contribution in [-0.4, -0.2) is 29.9 Å². The maximum absolute atomic E-state index is 14.9. The number of amides is 1. The summed E-state index contributed by atoms with van der Waals surface area (Å²) in [5.41, 5.74) is -0.828. The molecule has 0 aliphatic carbocycles. The summed E-state index contributed by atoms with van der Waals surface area (Å²) in [6, 6.07) is 6.82. The van der Waals surface area contributed by atoms with Gasteiger partial charge in [0.25, 0.3) is 15.9 Å². The zero-order valence-electron chi connectivity index (χ0n) is 17.2. The molecular weight excluding hydrogens is 447 g/mol. The molecule has 1 amide bonds. The lowest BCUT2D eigenvalue weighted by Crippen LogP contribution is -2.32. The highest BCUT2D eigenvalue weighted by Gasteiger charge is 2.28. The lowest BCUT2D eigenvalue weighted by molar-refractivity contribution is 0.0976. The van der Waals surface area contributed by atoms with Gasteiger partial charge in [-0.1, -0.05) is 24.0 Å². The minimum Gasteiger partial charge on any atom is -0.492 e. The molecule has 166 valence electrons. The van der Waals surface area contributed by atoms with Crippen LogP contribution in [0, 0.1) is 23.1 Å². The molecule has 2 aromatic rings. The molecule has 11 heteroatoms. The first-order chi connectivity index (χ1) is 14.2. The van der Waals surface area contributed by atoms with Crippen molar-refractivity contribution >= 4 is 26.0 Å². The van der Waals surface area contributed by atoms with E-state index in [0.29, 0.717) is 0 Å². The van der Waals surface area contributed by atoms with Crippen molar-refractivity contribution in [3.05, 3.63) is 53.3 Å². The summed E-state index contributed by atoms with van der Waals surface area (Å²) in [6.07, 6.45) is 0. The molecule has 0 heterocycles. The van der Waals surface area contributed by atoms with Crippen LogP contribution in [0.1, 0.15) is 36.7 Å². The number of primary sulfonamides is 1. The number of carbonyl (C=O) groups excluding carboxylic acids is 1. The van der Waals surface area contributed by atoms with E-state index in [0.717, 1.165) is 18.2 Å². The summed E-state index contributed by atoms with van der Waals surface area (Å²) >= 11 is 0. The number of hydrogen-bond donors (Lipinski definition) is 2. The molecule has 0 radical (unpaired) electrons. The minimum absolute atomic E-state index is 0.175. The highest BCUT2D eigenvalue weighted by atomic mass is 32.2. The Morgan fingerprint density at radius 2 is 1.65 bits per heavy atom. The molecule has 2 aromatic carbocycles. The van der Waals surface area contributed by atoms with Crippen LogP contribution in [0.5, 0.6) is 5.75 Å². The fourth-order valence-electron chi connectivity index (χ4n) is 2.42. The van der Waals surface area contributed by atoms with Gasteiger partial charge in [0.2, 0.25) is 10.0 Å². The number of nitrogens with two attached hydrogens (primary N) is 1. The van der Waals surface area contributed by atoms with Gasteiger partial charge in [-0.15, -0.1) is 0 Å². The number of benzene rings is 2. The lowest BCUT2D eigenvalue weighted by atomic mass is 9.97. The van der Waals surface area contributed by atoms with E-state index in [9.17, 15) is 26.0 Å². The summed E-state index contributed by atoms with van der Waals surface area (Å²) in [5, 5.41) is 5.04. The van der Waals surface area contributed by atoms with Gasteiger partial charge in [-0.25, -0.2) is 31.1 Å². The fourth-order valence-corrected chi connectivity index (χ4v) is 4.77. The third-order valence-corrected chi connectivity index (χ3v) is 6.28. The first-order valence-corrected chi connectivity index (χ1v) is 11.8. The van der Waals surface area contributed by atoms with E-state index in [1.165, 1.54) is 25.3 Å². The van der Waals surface area contributed by atoms with Gasteiger partial charge in [-0.05, 0) is 45.0 Å². The van der Waals surface area contributed by atoms with Crippen molar-refractivity contribution in [2.75, 3.05) is 7.11 Å². The second-order valence-electron chi connectivity index (χ2n) is 7.43. The van der Waals surface area contributed by atoms with E-state index in [1.807, 2.05) is 20.8 Å². The highest BCUT2D eigenvalue weighted by Crippen LogP contribution is 2.26. The summed E-state index contributed by atoms with van der Waals surface area (Å²) in [5.74, 6) is 2.90. The van der Waals surface area contributed by atoms with Gasteiger partial charge in [0.15, 0.2) is 11.6 Å². The van der Waals surface area contributed by atoms with Gasteiger partial charge in [0.1, 0.15) is 9.79 Å².